The molecule has 0 unspecified atom stereocenters. The number of amides is 2. The lowest BCUT2D eigenvalue weighted by Crippen LogP contribution is -2.83. The number of thiazole rings is 1. The molecule has 3 saturated heterocycles. The number of aromatic nitrogens is 1. The number of nitrogens with two attached hydrogens (primary N) is 1. The number of ether oxygens (including phenoxy) is 1. The van der Waals surface area contributed by atoms with Gasteiger partial charge in [-0.3, -0.25) is 28.0 Å². The van der Waals surface area contributed by atoms with Gasteiger partial charge in [0.15, 0.2) is 10.8 Å². The molecule has 0 aliphatic carbocycles. The Kier molecular flexibility index (Phi) is 5.82. The number of rotatable bonds is 7. The molecule has 0 bridgehead atoms. The standard InChI is InChI=1S/C15H15N5O11S3/c16-14-17-6(2-32-14)8(19-30-4-34(27,28)29)10(22)18-9-11(23)20-12(9)33(26)3-5-1-7(21)31-15(5,20)13(24)25/h2,5,9,12H,1,3-4H2,(H2,16,17)(H,18,22)(H,24,25)(H,27,28,29)/b19-8-/t5-,9+,12+,15+,33-/m0/s1. The number of aliphatic carboxylic acids is 1. The van der Waals surface area contributed by atoms with Crippen LogP contribution in [-0.4, -0.2) is 90.5 Å². The fourth-order valence-corrected chi connectivity index (χ4v) is 6.52. The highest BCUT2D eigenvalue weighted by molar-refractivity contribution is 7.86. The van der Waals surface area contributed by atoms with Gasteiger partial charge in [0.2, 0.25) is 5.94 Å². The lowest BCUT2D eigenvalue weighted by Gasteiger charge is -2.56. The number of nitrogen functional groups attached to an aromatic ring is 1. The van der Waals surface area contributed by atoms with Crippen molar-refractivity contribution in [1.29, 1.82) is 0 Å². The van der Waals surface area contributed by atoms with Crippen molar-refractivity contribution < 1.29 is 51.0 Å². The van der Waals surface area contributed by atoms with Crippen LogP contribution in [0.1, 0.15) is 12.1 Å². The highest BCUT2D eigenvalue weighted by Crippen LogP contribution is 2.47. The molecule has 3 aliphatic rings. The van der Waals surface area contributed by atoms with Gasteiger partial charge in [0.05, 0.1) is 12.3 Å². The van der Waals surface area contributed by atoms with E-state index in [2.05, 4.69) is 20.3 Å². The van der Waals surface area contributed by atoms with Gasteiger partial charge >= 0.3 is 22.1 Å². The number of anilines is 1. The lowest BCUT2D eigenvalue weighted by molar-refractivity contribution is -0.216. The van der Waals surface area contributed by atoms with Crippen LogP contribution in [0.15, 0.2) is 10.5 Å². The summed E-state index contributed by atoms with van der Waals surface area (Å²) in [5.74, 6) is -7.15. The van der Waals surface area contributed by atoms with Gasteiger partial charge in [0, 0.05) is 21.9 Å². The van der Waals surface area contributed by atoms with Crippen LogP contribution in [0.4, 0.5) is 5.13 Å². The van der Waals surface area contributed by atoms with Crippen molar-refractivity contribution in [1.82, 2.24) is 15.2 Å². The SMILES string of the molecule is Nc1nc(/C(=N/OCS(=O)(=O)O)C(=O)N[C@@H]2C(=O)N3[C@@H]2[S@@](=O)C[C@@H]2CC(=O)O[C@@]23C(=O)O)cs1. The summed E-state index contributed by atoms with van der Waals surface area (Å²) in [7, 11) is -6.46. The minimum Gasteiger partial charge on any atom is -0.477 e. The van der Waals surface area contributed by atoms with Gasteiger partial charge in [-0.1, -0.05) is 5.16 Å². The first-order valence-corrected chi connectivity index (χ1v) is 13.0. The molecule has 0 spiro atoms. The first kappa shape index (κ1) is 24.0. The van der Waals surface area contributed by atoms with Crippen molar-refractivity contribution in [3.8, 4) is 0 Å². The molecule has 0 saturated carbocycles. The second-order valence-corrected chi connectivity index (χ2v) is 11.2. The molecule has 16 nitrogen and oxygen atoms in total. The van der Waals surface area contributed by atoms with Gasteiger partial charge < -0.3 is 25.7 Å². The number of oxime groups is 1. The minimum atomic E-state index is -4.60. The molecule has 19 heteroatoms. The van der Waals surface area contributed by atoms with Crippen molar-refractivity contribution in [2.24, 2.45) is 11.1 Å². The Morgan fingerprint density at radius 1 is 1.47 bits per heavy atom. The van der Waals surface area contributed by atoms with Gasteiger partial charge in [0.25, 0.3) is 17.5 Å². The first-order valence-electron chi connectivity index (χ1n) is 9.18. The maximum atomic E-state index is 12.9. The zero-order valence-corrected chi connectivity index (χ0v) is 19.1. The molecule has 1 aromatic heterocycles. The van der Waals surface area contributed by atoms with Gasteiger partial charge in [0.1, 0.15) is 17.1 Å². The molecule has 3 aliphatic heterocycles. The summed E-state index contributed by atoms with van der Waals surface area (Å²) >= 11 is 0.905. The van der Waals surface area contributed by atoms with E-state index in [0.29, 0.717) is 4.90 Å². The third-order valence-corrected chi connectivity index (χ3v) is 8.03. The summed E-state index contributed by atoms with van der Waals surface area (Å²) in [4.78, 5) is 58.5. The average molecular weight is 538 g/mol. The van der Waals surface area contributed by atoms with Crippen LogP contribution in [0.5, 0.6) is 0 Å². The zero-order chi connectivity index (χ0) is 25.0. The molecule has 4 rings (SSSR count). The molecular weight excluding hydrogens is 522 g/mol. The average Bonchev–Trinajstić information content (AvgIpc) is 3.29. The van der Waals surface area contributed by atoms with Crippen molar-refractivity contribution >= 4 is 66.9 Å². The maximum absolute atomic E-state index is 12.9. The Balaban J connectivity index is 1.59. The Bertz CT molecular complexity index is 1260. The molecule has 2 amide bonds. The van der Waals surface area contributed by atoms with E-state index in [9.17, 15) is 36.9 Å². The van der Waals surface area contributed by atoms with Crippen LogP contribution >= 0.6 is 11.3 Å². The number of hydrogen-bond donors (Lipinski definition) is 4. The van der Waals surface area contributed by atoms with Crippen molar-refractivity contribution in [2.75, 3.05) is 17.4 Å². The third kappa shape index (κ3) is 3.89. The molecular formula is C15H15N5O11S3. The maximum Gasteiger partial charge on any atom is 0.370 e. The highest BCUT2D eigenvalue weighted by atomic mass is 32.2. The molecule has 0 radical (unpaired) electrons. The number of β-lactam (4-membered cyclic amide) rings is 1. The number of esters is 1. The normalized spacial score (nSPS) is 30.6. The molecule has 1 aromatic rings. The van der Waals surface area contributed by atoms with Crippen molar-refractivity contribution in [3.05, 3.63) is 11.1 Å². The van der Waals surface area contributed by atoms with Crippen molar-refractivity contribution in [3.63, 3.8) is 0 Å². The monoisotopic (exact) mass is 537 g/mol. The Hall–Kier alpha value is -3.16. The van der Waals surface area contributed by atoms with E-state index < -0.39 is 79.4 Å². The third-order valence-electron chi connectivity index (χ3n) is 5.20. The Morgan fingerprint density at radius 3 is 2.76 bits per heavy atom. The smallest absolute Gasteiger partial charge is 0.370 e. The van der Waals surface area contributed by atoms with Gasteiger partial charge in [-0.05, 0) is 0 Å². The second-order valence-electron chi connectivity index (χ2n) is 7.31. The molecule has 4 heterocycles. The number of fused-ring (bicyclic) bond motifs is 3. The zero-order valence-electron chi connectivity index (χ0n) is 16.6. The molecule has 34 heavy (non-hydrogen) atoms. The van der Waals surface area contributed by atoms with Crippen molar-refractivity contribution in [2.45, 2.75) is 23.6 Å². The predicted molar refractivity (Wildman–Crippen MR) is 111 cm³/mol. The summed E-state index contributed by atoms with van der Waals surface area (Å²) in [6.45, 7) is 0. The molecule has 5 atom stereocenters. The van der Waals surface area contributed by atoms with Crippen LogP contribution < -0.4 is 11.1 Å². The van der Waals surface area contributed by atoms with E-state index in [1.54, 1.807) is 0 Å². The van der Waals surface area contributed by atoms with Gasteiger partial charge in [-0.2, -0.15) is 8.42 Å². The van der Waals surface area contributed by atoms with Gasteiger partial charge in [-0.25, -0.2) is 9.78 Å². The number of nitrogens with one attached hydrogen (secondary N) is 1. The predicted octanol–water partition coefficient (Wildman–Crippen LogP) is -2.95. The van der Waals surface area contributed by atoms with Crippen LogP contribution in [0, 0.1) is 5.92 Å². The number of carboxylic acid groups (broad SMARTS) is 1. The number of nitrogens with zero attached hydrogens (tertiary/aromatic N) is 3. The number of carbonyl (C=O) groups is 4. The summed E-state index contributed by atoms with van der Waals surface area (Å²) in [5, 5.41) is 15.3. The highest BCUT2D eigenvalue weighted by Gasteiger charge is 2.73. The van der Waals surface area contributed by atoms with E-state index in [1.807, 2.05) is 0 Å². The summed E-state index contributed by atoms with van der Waals surface area (Å²) < 4.78 is 48.2. The number of carboxylic acids is 1. The molecule has 184 valence electrons. The van der Waals surface area contributed by atoms with E-state index in [-0.39, 0.29) is 23.0 Å². The van der Waals surface area contributed by atoms with Crippen LogP contribution in [0.2, 0.25) is 0 Å². The van der Waals surface area contributed by atoms with Crippen LogP contribution in [0.3, 0.4) is 0 Å². The fourth-order valence-electron chi connectivity index (χ4n) is 3.86. The second kappa shape index (κ2) is 8.25. The molecule has 0 aromatic carbocycles. The Morgan fingerprint density at radius 2 is 2.18 bits per heavy atom. The number of hydrogen-bond acceptors (Lipinski definition) is 13. The topological polar surface area (TPSA) is 245 Å². The summed E-state index contributed by atoms with van der Waals surface area (Å²) in [6, 6.07) is -1.48. The molecule has 5 N–H and O–H groups in total. The van der Waals surface area contributed by atoms with Crippen LogP contribution in [-0.2, 0) is 49.7 Å². The van der Waals surface area contributed by atoms with Gasteiger partial charge in [-0.15, -0.1) is 11.3 Å². The summed E-state index contributed by atoms with van der Waals surface area (Å²) in [5.41, 5.74) is 2.42. The molecule has 3 fully saturated rings. The lowest BCUT2D eigenvalue weighted by atomic mass is 9.89. The minimum absolute atomic E-state index is 0.0158. The fraction of sp³-hybridized carbons (Fsp3) is 0.467. The first-order chi connectivity index (χ1) is 15.8. The number of carbonyl (C=O) groups excluding carboxylic acids is 3. The van der Waals surface area contributed by atoms with E-state index in [4.69, 9.17) is 15.0 Å². The van der Waals surface area contributed by atoms with E-state index >= 15 is 0 Å². The van der Waals surface area contributed by atoms with Crippen LogP contribution in [0.25, 0.3) is 0 Å². The van der Waals surface area contributed by atoms with E-state index in [0.717, 1.165) is 11.3 Å². The largest absolute Gasteiger partial charge is 0.477 e. The Labute approximate surface area is 196 Å². The summed E-state index contributed by atoms with van der Waals surface area (Å²) in [6.07, 6.45) is -0.335. The quantitative estimate of drug-likeness (QED) is 0.0894. The van der Waals surface area contributed by atoms with E-state index in [1.165, 1.54) is 5.38 Å².